The lowest BCUT2D eigenvalue weighted by Gasteiger charge is -2.39. The fourth-order valence-electron chi connectivity index (χ4n) is 3.13. The van der Waals surface area contributed by atoms with Gasteiger partial charge in [0.15, 0.2) is 9.84 Å². The summed E-state index contributed by atoms with van der Waals surface area (Å²) in [5.41, 5.74) is 5.75. The first kappa shape index (κ1) is 15.7. The molecule has 2 fully saturated rings. The van der Waals surface area contributed by atoms with E-state index < -0.39 is 9.84 Å². The summed E-state index contributed by atoms with van der Waals surface area (Å²) in [6.45, 7) is 5.81. The standard InChI is InChI=1S/C13H25N3O3S/c1-2-12(9-14)15-4-6-16(7-5-15)13(17)11-3-8-20(18,19)10-11/h11-12H,2-10,14H2,1H3. The normalized spacial score (nSPS) is 28.5. The molecule has 2 unspecified atom stereocenters. The molecule has 0 aromatic rings. The molecule has 2 aliphatic heterocycles. The van der Waals surface area contributed by atoms with Crippen molar-refractivity contribution in [3.05, 3.63) is 0 Å². The van der Waals surface area contributed by atoms with Crippen molar-refractivity contribution in [1.29, 1.82) is 0 Å². The van der Waals surface area contributed by atoms with Crippen molar-refractivity contribution >= 4 is 15.7 Å². The van der Waals surface area contributed by atoms with Gasteiger partial charge in [0.25, 0.3) is 0 Å². The first-order chi connectivity index (χ1) is 9.46. The number of piperazine rings is 1. The first-order valence-corrected chi connectivity index (χ1v) is 9.22. The number of amides is 1. The van der Waals surface area contributed by atoms with Crippen LogP contribution in [0, 0.1) is 5.92 Å². The van der Waals surface area contributed by atoms with Crippen LogP contribution in [-0.4, -0.2) is 74.4 Å². The highest BCUT2D eigenvalue weighted by molar-refractivity contribution is 7.91. The molecule has 20 heavy (non-hydrogen) atoms. The van der Waals surface area contributed by atoms with Crippen molar-refractivity contribution < 1.29 is 13.2 Å². The monoisotopic (exact) mass is 303 g/mol. The summed E-state index contributed by atoms with van der Waals surface area (Å²) in [5, 5.41) is 0. The minimum Gasteiger partial charge on any atom is -0.340 e. The number of rotatable bonds is 4. The summed E-state index contributed by atoms with van der Waals surface area (Å²) in [4.78, 5) is 16.5. The number of sulfone groups is 1. The van der Waals surface area contributed by atoms with Gasteiger partial charge in [-0.15, -0.1) is 0 Å². The van der Waals surface area contributed by atoms with E-state index in [0.29, 0.717) is 32.1 Å². The molecule has 0 bridgehead atoms. The van der Waals surface area contributed by atoms with E-state index in [9.17, 15) is 13.2 Å². The Morgan fingerprint density at radius 2 is 1.95 bits per heavy atom. The third kappa shape index (κ3) is 3.51. The topological polar surface area (TPSA) is 83.7 Å². The predicted molar refractivity (Wildman–Crippen MR) is 78.0 cm³/mol. The van der Waals surface area contributed by atoms with Crippen molar-refractivity contribution in [2.45, 2.75) is 25.8 Å². The summed E-state index contributed by atoms with van der Waals surface area (Å²) in [6, 6.07) is 0.388. The Bertz CT molecular complexity index is 440. The Balaban J connectivity index is 1.86. The molecule has 0 radical (unpaired) electrons. The molecule has 116 valence electrons. The molecule has 2 aliphatic rings. The molecule has 0 aromatic heterocycles. The van der Waals surface area contributed by atoms with Gasteiger partial charge < -0.3 is 10.6 Å². The number of carbonyl (C=O) groups is 1. The van der Waals surface area contributed by atoms with Gasteiger partial charge in [0.05, 0.1) is 17.4 Å². The van der Waals surface area contributed by atoms with Crippen LogP contribution in [0.3, 0.4) is 0 Å². The van der Waals surface area contributed by atoms with Crippen LogP contribution in [-0.2, 0) is 14.6 Å². The van der Waals surface area contributed by atoms with Crippen molar-refractivity contribution in [2.24, 2.45) is 11.7 Å². The summed E-state index contributed by atoms with van der Waals surface area (Å²) in [6.07, 6.45) is 1.51. The zero-order valence-electron chi connectivity index (χ0n) is 12.1. The molecule has 7 heteroatoms. The van der Waals surface area contributed by atoms with E-state index in [4.69, 9.17) is 5.73 Å². The van der Waals surface area contributed by atoms with Gasteiger partial charge in [-0.05, 0) is 12.8 Å². The van der Waals surface area contributed by atoms with E-state index in [1.165, 1.54) is 0 Å². The Hall–Kier alpha value is -0.660. The van der Waals surface area contributed by atoms with Gasteiger partial charge in [-0.1, -0.05) is 6.92 Å². The fourth-order valence-corrected chi connectivity index (χ4v) is 4.86. The van der Waals surface area contributed by atoms with Gasteiger partial charge in [-0.3, -0.25) is 9.69 Å². The van der Waals surface area contributed by atoms with Gasteiger partial charge >= 0.3 is 0 Å². The lowest BCUT2D eigenvalue weighted by atomic mass is 10.1. The highest BCUT2D eigenvalue weighted by atomic mass is 32.2. The SMILES string of the molecule is CCC(CN)N1CCN(C(=O)C2CCS(=O)(=O)C2)CC1. The number of nitrogens with zero attached hydrogens (tertiary/aromatic N) is 2. The van der Waals surface area contributed by atoms with Crippen molar-refractivity contribution in [1.82, 2.24) is 9.80 Å². The molecule has 2 rings (SSSR count). The Morgan fingerprint density at radius 3 is 2.40 bits per heavy atom. The van der Waals surface area contributed by atoms with Crippen LogP contribution in [0.2, 0.25) is 0 Å². The fraction of sp³-hybridized carbons (Fsp3) is 0.923. The largest absolute Gasteiger partial charge is 0.340 e. The van der Waals surface area contributed by atoms with E-state index >= 15 is 0 Å². The summed E-state index contributed by atoms with van der Waals surface area (Å²) in [7, 11) is -2.99. The molecule has 2 heterocycles. The average molecular weight is 303 g/mol. The quantitative estimate of drug-likeness (QED) is 0.743. The van der Waals surface area contributed by atoms with Crippen LogP contribution in [0.4, 0.5) is 0 Å². The third-order valence-corrected chi connectivity index (χ3v) is 6.24. The van der Waals surface area contributed by atoms with Gasteiger partial charge in [0.2, 0.25) is 5.91 Å². The van der Waals surface area contributed by atoms with E-state index in [1.54, 1.807) is 0 Å². The molecule has 0 aromatic carbocycles. The second kappa shape index (κ2) is 6.41. The van der Waals surface area contributed by atoms with Crippen LogP contribution in [0.1, 0.15) is 19.8 Å². The molecule has 0 saturated carbocycles. The Kier molecular flexibility index (Phi) is 5.04. The number of hydrogen-bond acceptors (Lipinski definition) is 5. The summed E-state index contributed by atoms with van der Waals surface area (Å²) >= 11 is 0. The minimum atomic E-state index is -2.99. The Labute approximate surface area is 121 Å². The summed E-state index contributed by atoms with van der Waals surface area (Å²) < 4.78 is 22.9. The van der Waals surface area contributed by atoms with Crippen molar-refractivity contribution in [2.75, 3.05) is 44.2 Å². The van der Waals surface area contributed by atoms with E-state index in [0.717, 1.165) is 19.5 Å². The molecule has 6 nitrogen and oxygen atoms in total. The molecule has 1 amide bonds. The maximum Gasteiger partial charge on any atom is 0.226 e. The van der Waals surface area contributed by atoms with Gasteiger partial charge in [0.1, 0.15) is 0 Å². The molecule has 0 spiro atoms. The number of hydrogen-bond donors (Lipinski definition) is 1. The predicted octanol–water partition coefficient (Wildman–Crippen LogP) is -0.697. The smallest absolute Gasteiger partial charge is 0.226 e. The zero-order valence-corrected chi connectivity index (χ0v) is 12.9. The lowest BCUT2D eigenvalue weighted by Crippen LogP contribution is -2.54. The van der Waals surface area contributed by atoms with E-state index in [2.05, 4.69) is 11.8 Å². The summed E-state index contributed by atoms with van der Waals surface area (Å²) in [5.74, 6) is -0.101. The van der Waals surface area contributed by atoms with Crippen LogP contribution in [0.5, 0.6) is 0 Å². The van der Waals surface area contributed by atoms with Crippen LogP contribution < -0.4 is 5.73 Å². The average Bonchev–Trinajstić information content (AvgIpc) is 2.80. The van der Waals surface area contributed by atoms with E-state index in [1.807, 2.05) is 4.90 Å². The maximum atomic E-state index is 12.3. The zero-order chi connectivity index (χ0) is 14.8. The number of carbonyl (C=O) groups excluding carboxylic acids is 1. The van der Waals surface area contributed by atoms with Crippen LogP contribution in [0.25, 0.3) is 0 Å². The number of nitrogens with two attached hydrogens (primary N) is 1. The highest BCUT2D eigenvalue weighted by Crippen LogP contribution is 2.21. The van der Waals surface area contributed by atoms with Gasteiger partial charge in [0, 0.05) is 38.8 Å². The highest BCUT2D eigenvalue weighted by Gasteiger charge is 2.36. The molecular weight excluding hydrogens is 278 g/mol. The third-order valence-electron chi connectivity index (χ3n) is 4.47. The molecule has 2 atom stereocenters. The second-order valence-electron chi connectivity index (χ2n) is 5.76. The second-order valence-corrected chi connectivity index (χ2v) is 7.99. The Morgan fingerprint density at radius 1 is 1.30 bits per heavy atom. The molecule has 2 N–H and O–H groups in total. The van der Waals surface area contributed by atoms with Gasteiger partial charge in [-0.25, -0.2) is 8.42 Å². The van der Waals surface area contributed by atoms with Crippen molar-refractivity contribution in [3.8, 4) is 0 Å². The first-order valence-electron chi connectivity index (χ1n) is 7.40. The maximum absolute atomic E-state index is 12.3. The van der Waals surface area contributed by atoms with Crippen molar-refractivity contribution in [3.63, 3.8) is 0 Å². The van der Waals surface area contributed by atoms with Crippen LogP contribution in [0.15, 0.2) is 0 Å². The molecule has 0 aliphatic carbocycles. The molecule has 2 saturated heterocycles. The molecular formula is C13H25N3O3S. The lowest BCUT2D eigenvalue weighted by molar-refractivity contribution is -0.136. The van der Waals surface area contributed by atoms with E-state index in [-0.39, 0.29) is 23.3 Å². The van der Waals surface area contributed by atoms with Gasteiger partial charge in [-0.2, -0.15) is 0 Å². The minimum absolute atomic E-state index is 0.0199. The van der Waals surface area contributed by atoms with Crippen LogP contribution >= 0.6 is 0 Å².